The van der Waals surface area contributed by atoms with Crippen molar-refractivity contribution in [1.82, 2.24) is 29.6 Å². The summed E-state index contributed by atoms with van der Waals surface area (Å²) in [6.45, 7) is 1.39. The molecule has 0 bridgehead atoms. The molecule has 0 spiro atoms. The Morgan fingerprint density at radius 3 is 2.74 bits per heavy atom. The molecule has 0 saturated heterocycles. The molecule has 0 aromatic carbocycles. The Labute approximate surface area is 154 Å². The van der Waals surface area contributed by atoms with Gasteiger partial charge in [0.15, 0.2) is 11.6 Å². The fraction of sp³-hybridized carbons (Fsp3) is 0.222. The molecule has 136 valence electrons. The summed E-state index contributed by atoms with van der Waals surface area (Å²) in [5.74, 6) is 0.603. The number of methoxy groups -OCH3 is 1. The molecule has 4 heterocycles. The second-order valence-electron chi connectivity index (χ2n) is 5.95. The number of carbonyl (C=O) groups is 2. The van der Waals surface area contributed by atoms with Gasteiger partial charge in [-0.05, 0) is 24.3 Å². The first-order valence-corrected chi connectivity index (χ1v) is 8.34. The van der Waals surface area contributed by atoms with E-state index in [1.165, 1.54) is 19.4 Å². The van der Waals surface area contributed by atoms with Gasteiger partial charge >= 0.3 is 5.97 Å². The molecule has 4 rings (SSSR count). The van der Waals surface area contributed by atoms with Crippen molar-refractivity contribution >= 4 is 11.9 Å². The summed E-state index contributed by atoms with van der Waals surface area (Å²) < 4.78 is 6.62. The maximum absolute atomic E-state index is 12.8. The van der Waals surface area contributed by atoms with Crippen molar-refractivity contribution in [3.05, 3.63) is 59.8 Å². The molecule has 0 radical (unpaired) electrons. The number of amides is 1. The van der Waals surface area contributed by atoms with Gasteiger partial charge in [0.1, 0.15) is 11.4 Å². The third-order valence-corrected chi connectivity index (χ3v) is 4.34. The van der Waals surface area contributed by atoms with Gasteiger partial charge in [0.25, 0.3) is 5.91 Å². The number of fused-ring (bicyclic) bond motifs is 1. The zero-order chi connectivity index (χ0) is 18.8. The van der Waals surface area contributed by atoms with Gasteiger partial charge in [0, 0.05) is 31.0 Å². The molecule has 3 aromatic heterocycles. The highest BCUT2D eigenvalue weighted by Gasteiger charge is 2.26. The third kappa shape index (κ3) is 3.14. The largest absolute Gasteiger partial charge is 0.464 e. The Bertz CT molecular complexity index is 1000. The number of aromatic nitrogens is 5. The van der Waals surface area contributed by atoms with E-state index < -0.39 is 5.97 Å². The minimum Gasteiger partial charge on any atom is -0.464 e. The van der Waals surface area contributed by atoms with Crippen LogP contribution in [0.1, 0.15) is 26.7 Å². The lowest BCUT2D eigenvalue weighted by molar-refractivity contribution is 0.0594. The van der Waals surface area contributed by atoms with E-state index in [1.54, 1.807) is 17.2 Å². The Morgan fingerprint density at radius 1 is 1.07 bits per heavy atom. The normalized spacial score (nSPS) is 13.1. The minimum atomic E-state index is -0.581. The Balaban J connectivity index is 1.56. The van der Waals surface area contributed by atoms with E-state index in [9.17, 15) is 9.59 Å². The van der Waals surface area contributed by atoms with Crippen LogP contribution in [0.15, 0.2) is 42.7 Å². The van der Waals surface area contributed by atoms with Gasteiger partial charge in [-0.1, -0.05) is 6.07 Å². The quantitative estimate of drug-likeness (QED) is 0.643. The van der Waals surface area contributed by atoms with Gasteiger partial charge in [0.2, 0.25) is 0 Å². The number of ether oxygens (including phenoxy) is 1. The maximum Gasteiger partial charge on any atom is 0.356 e. The molecule has 0 unspecified atom stereocenters. The van der Waals surface area contributed by atoms with Crippen molar-refractivity contribution in [3.8, 4) is 11.5 Å². The molecule has 1 aliphatic heterocycles. The topological polar surface area (TPSA) is 103 Å². The van der Waals surface area contributed by atoms with Crippen LogP contribution >= 0.6 is 0 Å². The summed E-state index contributed by atoms with van der Waals surface area (Å²) in [4.78, 5) is 34.4. The number of esters is 1. The van der Waals surface area contributed by atoms with Crippen LogP contribution in [-0.4, -0.2) is 55.2 Å². The summed E-state index contributed by atoms with van der Waals surface area (Å²) in [7, 11) is 1.27. The molecule has 0 atom stereocenters. The summed E-state index contributed by atoms with van der Waals surface area (Å²) >= 11 is 0. The van der Waals surface area contributed by atoms with Crippen LogP contribution in [0.4, 0.5) is 0 Å². The Morgan fingerprint density at radius 2 is 1.96 bits per heavy atom. The van der Waals surface area contributed by atoms with Crippen molar-refractivity contribution in [2.45, 2.75) is 13.1 Å². The third-order valence-electron chi connectivity index (χ3n) is 4.34. The lowest BCUT2D eigenvalue weighted by Gasteiger charge is -2.27. The summed E-state index contributed by atoms with van der Waals surface area (Å²) in [6.07, 6.45) is 3.13. The second-order valence-corrected chi connectivity index (χ2v) is 5.95. The molecular weight excluding hydrogens is 348 g/mol. The number of hydrogen-bond acceptors (Lipinski definition) is 7. The monoisotopic (exact) mass is 364 g/mol. The average Bonchev–Trinajstić information content (AvgIpc) is 3.16. The molecule has 0 fully saturated rings. The zero-order valence-corrected chi connectivity index (χ0v) is 14.6. The molecule has 9 nitrogen and oxygen atoms in total. The predicted octanol–water partition coefficient (Wildman–Crippen LogP) is 1.18. The zero-order valence-electron chi connectivity index (χ0n) is 14.6. The maximum atomic E-state index is 12.8. The van der Waals surface area contributed by atoms with Gasteiger partial charge < -0.3 is 14.2 Å². The van der Waals surface area contributed by atoms with E-state index in [4.69, 9.17) is 0 Å². The van der Waals surface area contributed by atoms with Crippen molar-refractivity contribution in [3.63, 3.8) is 0 Å². The summed E-state index contributed by atoms with van der Waals surface area (Å²) in [6, 6.07) is 8.63. The van der Waals surface area contributed by atoms with Crippen LogP contribution < -0.4 is 0 Å². The molecule has 9 heteroatoms. The number of nitrogens with zero attached hydrogens (tertiary/aromatic N) is 6. The first kappa shape index (κ1) is 16.8. The van der Waals surface area contributed by atoms with Gasteiger partial charge in [-0.25, -0.2) is 9.78 Å². The average molecular weight is 364 g/mol. The molecule has 3 aromatic rings. The van der Waals surface area contributed by atoms with Crippen LogP contribution in [0.5, 0.6) is 0 Å². The van der Waals surface area contributed by atoms with Gasteiger partial charge in [-0.15, -0.1) is 10.2 Å². The molecule has 0 aliphatic carbocycles. The second kappa shape index (κ2) is 6.94. The van der Waals surface area contributed by atoms with Crippen molar-refractivity contribution in [2.75, 3.05) is 13.7 Å². The smallest absolute Gasteiger partial charge is 0.356 e. The van der Waals surface area contributed by atoms with E-state index in [0.29, 0.717) is 36.8 Å². The number of rotatable bonds is 3. The predicted molar refractivity (Wildman–Crippen MR) is 93.6 cm³/mol. The minimum absolute atomic E-state index is 0.0981. The number of pyridine rings is 2. The van der Waals surface area contributed by atoms with Crippen LogP contribution in [0.25, 0.3) is 11.5 Å². The standard InChI is InChI=1S/C18H16N6O3/c1-27-18(26)14-10-12(5-7-20-14)17(25)23-8-9-24-15(11-23)21-22-16(24)13-4-2-3-6-19-13/h2-7,10H,8-9,11H2,1H3. The lowest BCUT2D eigenvalue weighted by atomic mass is 10.2. The van der Waals surface area contributed by atoms with E-state index in [0.717, 1.165) is 5.69 Å². The highest BCUT2D eigenvalue weighted by Crippen LogP contribution is 2.21. The van der Waals surface area contributed by atoms with E-state index in [1.807, 2.05) is 22.8 Å². The summed E-state index contributed by atoms with van der Waals surface area (Å²) in [5.41, 5.74) is 1.22. The van der Waals surface area contributed by atoms with Crippen LogP contribution in [0.2, 0.25) is 0 Å². The molecule has 0 saturated carbocycles. The van der Waals surface area contributed by atoms with E-state index in [-0.39, 0.29) is 11.6 Å². The van der Waals surface area contributed by atoms with Crippen molar-refractivity contribution in [2.24, 2.45) is 0 Å². The summed E-state index contributed by atoms with van der Waals surface area (Å²) in [5, 5.41) is 8.44. The molecule has 1 amide bonds. The van der Waals surface area contributed by atoms with Gasteiger partial charge in [-0.2, -0.15) is 0 Å². The van der Waals surface area contributed by atoms with Gasteiger partial charge in [0.05, 0.1) is 13.7 Å². The Hall–Kier alpha value is -3.62. The molecule has 1 aliphatic rings. The van der Waals surface area contributed by atoms with E-state index >= 15 is 0 Å². The lowest BCUT2D eigenvalue weighted by Crippen LogP contribution is -2.38. The molecular formula is C18H16N6O3. The fourth-order valence-corrected chi connectivity index (χ4v) is 2.98. The SMILES string of the molecule is COC(=O)c1cc(C(=O)N2CCn3c(nnc3-c3ccccn3)C2)ccn1. The highest BCUT2D eigenvalue weighted by atomic mass is 16.5. The highest BCUT2D eigenvalue weighted by molar-refractivity contribution is 5.97. The number of hydrogen-bond donors (Lipinski definition) is 0. The molecule has 27 heavy (non-hydrogen) atoms. The van der Waals surface area contributed by atoms with Crippen LogP contribution in [0, 0.1) is 0 Å². The van der Waals surface area contributed by atoms with Crippen molar-refractivity contribution < 1.29 is 14.3 Å². The Kier molecular flexibility index (Phi) is 4.33. The fourth-order valence-electron chi connectivity index (χ4n) is 2.98. The number of carbonyl (C=O) groups excluding carboxylic acids is 2. The molecule has 0 N–H and O–H groups in total. The van der Waals surface area contributed by atoms with Crippen LogP contribution in [0.3, 0.4) is 0 Å². The first-order chi connectivity index (χ1) is 13.2. The van der Waals surface area contributed by atoms with Gasteiger partial charge in [-0.3, -0.25) is 9.78 Å². The van der Waals surface area contributed by atoms with E-state index in [2.05, 4.69) is 24.9 Å². The van der Waals surface area contributed by atoms with Crippen molar-refractivity contribution in [1.29, 1.82) is 0 Å². The first-order valence-electron chi connectivity index (χ1n) is 8.34. The van der Waals surface area contributed by atoms with Crippen LogP contribution in [-0.2, 0) is 17.8 Å².